The topological polar surface area (TPSA) is 67.2 Å². The number of carboxylic acid groups (broad SMARTS) is 1. The minimum Gasteiger partial charge on any atom is -0.478 e. The first-order chi connectivity index (χ1) is 9.18. The molecule has 0 unspecified atom stereocenters. The van der Waals surface area contributed by atoms with Gasteiger partial charge in [-0.3, -0.25) is 4.68 Å². The van der Waals surface area contributed by atoms with E-state index in [1.54, 1.807) is 16.9 Å². The molecule has 0 fully saturated rings. The number of benzene rings is 1. The molecule has 5 nitrogen and oxygen atoms in total. The lowest BCUT2D eigenvalue weighted by Gasteiger charge is -2.10. The van der Waals surface area contributed by atoms with E-state index in [1.807, 2.05) is 12.3 Å². The maximum absolute atomic E-state index is 13.4. The monoisotopic (exact) mass is 263 g/mol. The number of anilines is 1. The van der Waals surface area contributed by atoms with Gasteiger partial charge in [0.15, 0.2) is 0 Å². The summed E-state index contributed by atoms with van der Waals surface area (Å²) in [6.07, 6.45) is 4.31. The molecule has 0 radical (unpaired) electrons. The average molecular weight is 263 g/mol. The fraction of sp³-hybridized carbons (Fsp3) is 0.231. The summed E-state index contributed by atoms with van der Waals surface area (Å²) in [7, 11) is 0. The van der Waals surface area contributed by atoms with Crippen LogP contribution in [0.3, 0.4) is 0 Å². The zero-order valence-corrected chi connectivity index (χ0v) is 10.2. The molecule has 100 valence electrons. The predicted octanol–water partition coefficient (Wildman–Crippen LogP) is 2.22. The second-order valence-corrected chi connectivity index (χ2v) is 4.02. The van der Waals surface area contributed by atoms with Crippen molar-refractivity contribution < 1.29 is 14.3 Å². The Morgan fingerprint density at radius 2 is 2.26 bits per heavy atom. The maximum Gasteiger partial charge on any atom is 0.340 e. The molecule has 0 saturated heterocycles. The van der Waals surface area contributed by atoms with E-state index in [4.69, 9.17) is 5.11 Å². The van der Waals surface area contributed by atoms with Crippen LogP contribution >= 0.6 is 0 Å². The molecule has 0 aliphatic carbocycles. The molecule has 1 heterocycles. The lowest BCUT2D eigenvalue weighted by Crippen LogP contribution is -2.11. The largest absolute Gasteiger partial charge is 0.478 e. The number of aryl methyl sites for hydroxylation is 1. The zero-order valence-electron chi connectivity index (χ0n) is 10.2. The number of aromatic nitrogens is 2. The Morgan fingerprint density at radius 3 is 2.95 bits per heavy atom. The molecule has 0 aliphatic heterocycles. The normalized spacial score (nSPS) is 10.4. The number of carboxylic acids is 1. The third-order valence-corrected chi connectivity index (χ3v) is 2.67. The van der Waals surface area contributed by atoms with Crippen LogP contribution in [0.15, 0.2) is 36.7 Å². The molecule has 2 aromatic rings. The average Bonchev–Trinajstić information content (AvgIpc) is 2.87. The van der Waals surface area contributed by atoms with Gasteiger partial charge in [0.2, 0.25) is 0 Å². The van der Waals surface area contributed by atoms with Gasteiger partial charge in [-0.2, -0.15) is 5.10 Å². The van der Waals surface area contributed by atoms with Crippen molar-refractivity contribution in [1.29, 1.82) is 0 Å². The molecule has 0 aliphatic rings. The van der Waals surface area contributed by atoms with E-state index in [0.717, 1.165) is 19.0 Å². The summed E-state index contributed by atoms with van der Waals surface area (Å²) in [5.74, 6) is -2.00. The van der Waals surface area contributed by atoms with Crippen LogP contribution in [0, 0.1) is 5.82 Å². The first-order valence-corrected chi connectivity index (χ1v) is 5.91. The summed E-state index contributed by atoms with van der Waals surface area (Å²) in [5, 5.41) is 16.0. The summed E-state index contributed by atoms with van der Waals surface area (Å²) in [6, 6.07) is 6.01. The number of nitrogens with one attached hydrogen (secondary N) is 1. The lowest BCUT2D eigenvalue weighted by atomic mass is 10.1. The predicted molar refractivity (Wildman–Crippen MR) is 68.7 cm³/mol. The highest BCUT2D eigenvalue weighted by molar-refractivity contribution is 5.94. The van der Waals surface area contributed by atoms with Gasteiger partial charge in [-0.1, -0.05) is 6.07 Å². The van der Waals surface area contributed by atoms with Gasteiger partial charge in [0.05, 0.1) is 5.69 Å². The number of carbonyl (C=O) groups is 1. The van der Waals surface area contributed by atoms with Gasteiger partial charge < -0.3 is 10.4 Å². The van der Waals surface area contributed by atoms with Crippen molar-refractivity contribution in [3.05, 3.63) is 48.0 Å². The van der Waals surface area contributed by atoms with Gasteiger partial charge >= 0.3 is 5.97 Å². The Labute approximate surface area is 109 Å². The number of hydrogen-bond donors (Lipinski definition) is 2. The van der Waals surface area contributed by atoms with E-state index >= 15 is 0 Å². The van der Waals surface area contributed by atoms with Crippen molar-refractivity contribution in [2.75, 3.05) is 11.9 Å². The highest BCUT2D eigenvalue weighted by Crippen LogP contribution is 2.18. The number of hydrogen-bond acceptors (Lipinski definition) is 3. The summed E-state index contributed by atoms with van der Waals surface area (Å²) >= 11 is 0. The minimum atomic E-state index is -1.27. The van der Waals surface area contributed by atoms with Crippen molar-refractivity contribution in [3.8, 4) is 0 Å². The SMILES string of the molecule is O=C(O)c1c(F)cccc1NCCCn1cccn1. The van der Waals surface area contributed by atoms with Crippen LogP contribution in [0.5, 0.6) is 0 Å². The lowest BCUT2D eigenvalue weighted by molar-refractivity contribution is 0.0693. The van der Waals surface area contributed by atoms with E-state index in [0.29, 0.717) is 12.2 Å². The molecule has 0 saturated carbocycles. The van der Waals surface area contributed by atoms with Crippen molar-refractivity contribution >= 4 is 11.7 Å². The van der Waals surface area contributed by atoms with Crippen molar-refractivity contribution in [2.24, 2.45) is 0 Å². The Hall–Kier alpha value is -2.37. The van der Waals surface area contributed by atoms with Crippen LogP contribution in [-0.2, 0) is 6.54 Å². The first kappa shape index (κ1) is 13.1. The number of nitrogens with zero attached hydrogens (tertiary/aromatic N) is 2. The molecule has 0 amide bonds. The van der Waals surface area contributed by atoms with E-state index in [-0.39, 0.29) is 5.56 Å². The molecule has 0 atom stereocenters. The third kappa shape index (κ3) is 3.31. The summed E-state index contributed by atoms with van der Waals surface area (Å²) in [4.78, 5) is 11.0. The minimum absolute atomic E-state index is 0.299. The van der Waals surface area contributed by atoms with Crippen LogP contribution in [-0.4, -0.2) is 27.4 Å². The Morgan fingerprint density at radius 1 is 1.42 bits per heavy atom. The summed E-state index contributed by atoms with van der Waals surface area (Å²) < 4.78 is 15.2. The third-order valence-electron chi connectivity index (χ3n) is 2.67. The van der Waals surface area contributed by atoms with Gasteiger partial charge in [0, 0.05) is 25.5 Å². The highest BCUT2D eigenvalue weighted by atomic mass is 19.1. The van der Waals surface area contributed by atoms with Gasteiger partial charge in [-0.05, 0) is 24.6 Å². The fourth-order valence-electron chi connectivity index (χ4n) is 1.79. The molecule has 0 spiro atoms. The van der Waals surface area contributed by atoms with E-state index in [2.05, 4.69) is 10.4 Å². The molecule has 1 aromatic carbocycles. The smallest absolute Gasteiger partial charge is 0.340 e. The van der Waals surface area contributed by atoms with E-state index < -0.39 is 11.8 Å². The Kier molecular flexibility index (Phi) is 4.12. The van der Waals surface area contributed by atoms with Crippen LogP contribution in [0.25, 0.3) is 0 Å². The first-order valence-electron chi connectivity index (χ1n) is 5.91. The van der Waals surface area contributed by atoms with Gasteiger partial charge in [0.1, 0.15) is 11.4 Å². The quantitative estimate of drug-likeness (QED) is 0.784. The molecule has 19 heavy (non-hydrogen) atoms. The molecule has 0 bridgehead atoms. The standard InChI is InChI=1S/C13H14FN3O2/c14-10-4-1-5-11(12(10)13(18)19)15-6-2-8-17-9-3-7-16-17/h1,3-5,7,9,15H,2,6,8H2,(H,18,19). The van der Waals surface area contributed by atoms with Crippen molar-refractivity contribution in [3.63, 3.8) is 0 Å². The van der Waals surface area contributed by atoms with Crippen LogP contribution in [0.2, 0.25) is 0 Å². The second kappa shape index (κ2) is 5.99. The maximum atomic E-state index is 13.4. The van der Waals surface area contributed by atoms with E-state index in [1.165, 1.54) is 6.07 Å². The molecular weight excluding hydrogens is 249 g/mol. The van der Waals surface area contributed by atoms with Gasteiger partial charge in [0.25, 0.3) is 0 Å². The van der Waals surface area contributed by atoms with Crippen molar-refractivity contribution in [1.82, 2.24) is 9.78 Å². The molecule has 1 aromatic heterocycles. The van der Waals surface area contributed by atoms with Crippen LogP contribution < -0.4 is 5.32 Å². The Bertz CT molecular complexity index is 555. The zero-order chi connectivity index (χ0) is 13.7. The second-order valence-electron chi connectivity index (χ2n) is 4.02. The Balaban J connectivity index is 1.92. The van der Waals surface area contributed by atoms with E-state index in [9.17, 15) is 9.18 Å². The molecule has 2 rings (SSSR count). The fourth-order valence-corrected chi connectivity index (χ4v) is 1.79. The van der Waals surface area contributed by atoms with Crippen molar-refractivity contribution in [2.45, 2.75) is 13.0 Å². The van der Waals surface area contributed by atoms with Gasteiger partial charge in [-0.15, -0.1) is 0 Å². The number of halogens is 1. The highest BCUT2D eigenvalue weighted by Gasteiger charge is 2.14. The molecular formula is C13H14FN3O2. The number of rotatable bonds is 6. The van der Waals surface area contributed by atoms with Gasteiger partial charge in [-0.25, -0.2) is 9.18 Å². The summed E-state index contributed by atoms with van der Waals surface area (Å²) in [6.45, 7) is 1.27. The molecule has 6 heteroatoms. The van der Waals surface area contributed by atoms with Crippen LogP contribution in [0.1, 0.15) is 16.8 Å². The summed E-state index contributed by atoms with van der Waals surface area (Å²) in [5.41, 5.74) is -0.0189. The number of aromatic carboxylic acids is 1. The van der Waals surface area contributed by atoms with Crippen LogP contribution in [0.4, 0.5) is 10.1 Å². The molecule has 2 N–H and O–H groups in total.